The lowest BCUT2D eigenvalue weighted by Gasteiger charge is -2.05. The van der Waals surface area contributed by atoms with Crippen LogP contribution >= 0.6 is 0 Å². The van der Waals surface area contributed by atoms with Crippen molar-refractivity contribution in [3.63, 3.8) is 0 Å². The van der Waals surface area contributed by atoms with E-state index in [2.05, 4.69) is 9.97 Å². The maximum absolute atomic E-state index is 12.7. The molecule has 0 unspecified atom stereocenters. The quantitative estimate of drug-likeness (QED) is 0.788. The van der Waals surface area contributed by atoms with Gasteiger partial charge < -0.3 is 9.72 Å². The van der Waals surface area contributed by atoms with Gasteiger partial charge in [0.2, 0.25) is 0 Å². The number of benzene rings is 2. The van der Waals surface area contributed by atoms with Crippen molar-refractivity contribution >= 4 is 11.0 Å². The highest BCUT2D eigenvalue weighted by Gasteiger charge is 2.30. The first kappa shape index (κ1) is 14.4. The van der Waals surface area contributed by atoms with Crippen molar-refractivity contribution in [3.05, 3.63) is 59.4 Å². The molecule has 1 N–H and O–H groups in total. The van der Waals surface area contributed by atoms with E-state index >= 15 is 0 Å². The number of ether oxygens (including phenoxy) is 1. The summed E-state index contributed by atoms with van der Waals surface area (Å²) in [5.41, 5.74) is 1.23. The molecule has 0 aliphatic rings. The van der Waals surface area contributed by atoms with Crippen LogP contribution in [0.25, 0.3) is 11.0 Å². The SMILES string of the molecule is COc1ccc(Cc2nc3ccc(C(F)(F)F)cc3[nH]2)cc1. The Labute approximate surface area is 124 Å². The Morgan fingerprint density at radius 3 is 2.45 bits per heavy atom. The molecule has 0 radical (unpaired) electrons. The third-order valence-electron chi connectivity index (χ3n) is 3.39. The fourth-order valence-corrected chi connectivity index (χ4v) is 2.26. The maximum atomic E-state index is 12.7. The molecule has 6 heteroatoms. The summed E-state index contributed by atoms with van der Waals surface area (Å²) in [6.45, 7) is 0. The Bertz CT molecular complexity index is 791. The third-order valence-corrected chi connectivity index (χ3v) is 3.39. The molecule has 0 aliphatic heterocycles. The first-order chi connectivity index (χ1) is 10.5. The van der Waals surface area contributed by atoms with Crippen molar-refractivity contribution in [2.75, 3.05) is 7.11 Å². The average molecular weight is 306 g/mol. The molecule has 0 saturated heterocycles. The zero-order valence-electron chi connectivity index (χ0n) is 11.7. The highest BCUT2D eigenvalue weighted by molar-refractivity contribution is 5.76. The zero-order valence-corrected chi connectivity index (χ0v) is 11.7. The number of hydrogen-bond donors (Lipinski definition) is 1. The molecule has 0 amide bonds. The molecule has 22 heavy (non-hydrogen) atoms. The lowest BCUT2D eigenvalue weighted by atomic mass is 10.1. The molecule has 1 aromatic heterocycles. The Balaban J connectivity index is 1.88. The molecular formula is C16H13F3N2O. The van der Waals surface area contributed by atoms with Crippen LogP contribution in [0.1, 0.15) is 17.0 Å². The lowest BCUT2D eigenvalue weighted by Crippen LogP contribution is -2.04. The minimum atomic E-state index is -4.35. The number of fused-ring (bicyclic) bond motifs is 1. The number of H-pyrrole nitrogens is 1. The Kier molecular flexibility index (Phi) is 3.52. The van der Waals surface area contributed by atoms with Crippen molar-refractivity contribution in [2.45, 2.75) is 12.6 Å². The van der Waals surface area contributed by atoms with E-state index < -0.39 is 11.7 Å². The zero-order chi connectivity index (χ0) is 15.7. The van der Waals surface area contributed by atoms with Crippen LogP contribution < -0.4 is 4.74 Å². The van der Waals surface area contributed by atoms with Crippen LogP contribution in [-0.2, 0) is 12.6 Å². The molecule has 2 aromatic carbocycles. The normalized spacial score (nSPS) is 11.8. The van der Waals surface area contributed by atoms with E-state index in [1.54, 1.807) is 7.11 Å². The highest BCUT2D eigenvalue weighted by atomic mass is 19.4. The average Bonchev–Trinajstić information content (AvgIpc) is 2.88. The van der Waals surface area contributed by atoms with Gasteiger partial charge in [-0.3, -0.25) is 0 Å². The Morgan fingerprint density at radius 1 is 1.09 bits per heavy atom. The first-order valence-electron chi connectivity index (χ1n) is 6.64. The van der Waals surface area contributed by atoms with E-state index in [-0.39, 0.29) is 0 Å². The number of hydrogen-bond acceptors (Lipinski definition) is 2. The Hall–Kier alpha value is -2.50. The van der Waals surface area contributed by atoms with Crippen molar-refractivity contribution in [2.24, 2.45) is 0 Å². The van der Waals surface area contributed by atoms with E-state index in [9.17, 15) is 13.2 Å². The van der Waals surface area contributed by atoms with Crippen LogP contribution in [0.15, 0.2) is 42.5 Å². The van der Waals surface area contributed by atoms with E-state index in [1.165, 1.54) is 6.07 Å². The highest BCUT2D eigenvalue weighted by Crippen LogP contribution is 2.31. The monoisotopic (exact) mass is 306 g/mol. The number of imidazole rings is 1. The molecule has 1 heterocycles. The van der Waals surface area contributed by atoms with Gasteiger partial charge in [0, 0.05) is 6.42 Å². The van der Waals surface area contributed by atoms with Crippen LogP contribution in [0, 0.1) is 0 Å². The van der Waals surface area contributed by atoms with Crippen molar-refractivity contribution in [1.82, 2.24) is 9.97 Å². The molecule has 0 aliphatic carbocycles. The van der Waals surface area contributed by atoms with Gasteiger partial charge in [-0.1, -0.05) is 12.1 Å². The minimum absolute atomic E-state index is 0.387. The summed E-state index contributed by atoms with van der Waals surface area (Å²) < 4.78 is 43.2. The predicted molar refractivity (Wildman–Crippen MR) is 76.9 cm³/mol. The number of methoxy groups -OCH3 is 1. The topological polar surface area (TPSA) is 37.9 Å². The van der Waals surface area contributed by atoms with E-state index in [0.717, 1.165) is 23.4 Å². The molecule has 3 rings (SSSR count). The number of nitrogens with one attached hydrogen (secondary N) is 1. The van der Waals surface area contributed by atoms with Crippen molar-refractivity contribution < 1.29 is 17.9 Å². The third kappa shape index (κ3) is 2.90. The lowest BCUT2D eigenvalue weighted by molar-refractivity contribution is -0.137. The number of aromatic nitrogens is 2. The van der Waals surface area contributed by atoms with E-state index in [4.69, 9.17) is 4.74 Å². The molecule has 0 bridgehead atoms. The fraction of sp³-hybridized carbons (Fsp3) is 0.188. The molecule has 0 spiro atoms. The second-order valence-electron chi connectivity index (χ2n) is 4.94. The summed E-state index contributed by atoms with van der Waals surface area (Å²) in [5.74, 6) is 1.38. The van der Waals surface area contributed by atoms with Gasteiger partial charge in [-0.2, -0.15) is 13.2 Å². The van der Waals surface area contributed by atoms with Gasteiger partial charge in [0.05, 0.1) is 23.7 Å². The Morgan fingerprint density at radius 2 is 1.82 bits per heavy atom. The standard InChI is InChI=1S/C16H13F3N2O/c1-22-12-5-2-10(3-6-12)8-15-20-13-7-4-11(16(17,18)19)9-14(13)21-15/h2-7,9H,8H2,1H3,(H,20,21). The molecule has 0 fully saturated rings. The van der Waals surface area contributed by atoms with E-state index in [0.29, 0.717) is 23.3 Å². The second-order valence-corrected chi connectivity index (χ2v) is 4.94. The van der Waals surface area contributed by atoms with Crippen LogP contribution in [0.4, 0.5) is 13.2 Å². The number of nitrogens with zero attached hydrogens (tertiary/aromatic N) is 1. The maximum Gasteiger partial charge on any atom is 0.416 e. The smallest absolute Gasteiger partial charge is 0.416 e. The second kappa shape index (κ2) is 5.36. The summed E-state index contributed by atoms with van der Waals surface area (Å²) in [6.07, 6.45) is -3.84. The number of aromatic amines is 1. The summed E-state index contributed by atoms with van der Waals surface area (Å²) in [6, 6.07) is 11.0. The van der Waals surface area contributed by atoms with Crippen LogP contribution in [0.3, 0.4) is 0 Å². The van der Waals surface area contributed by atoms with Crippen LogP contribution in [0.5, 0.6) is 5.75 Å². The number of rotatable bonds is 3. The first-order valence-corrected chi connectivity index (χ1v) is 6.64. The van der Waals surface area contributed by atoms with Crippen molar-refractivity contribution in [1.29, 1.82) is 0 Å². The van der Waals surface area contributed by atoms with E-state index in [1.807, 2.05) is 24.3 Å². The van der Waals surface area contributed by atoms with Gasteiger partial charge in [0.25, 0.3) is 0 Å². The molecular weight excluding hydrogens is 293 g/mol. The molecule has 0 saturated carbocycles. The summed E-state index contributed by atoms with van der Waals surface area (Å²) >= 11 is 0. The summed E-state index contributed by atoms with van der Waals surface area (Å²) in [5, 5.41) is 0. The molecule has 114 valence electrons. The number of halogens is 3. The van der Waals surface area contributed by atoms with Gasteiger partial charge in [-0.05, 0) is 35.9 Å². The van der Waals surface area contributed by atoms with Gasteiger partial charge in [-0.15, -0.1) is 0 Å². The van der Waals surface area contributed by atoms with Crippen LogP contribution in [-0.4, -0.2) is 17.1 Å². The predicted octanol–water partition coefficient (Wildman–Crippen LogP) is 4.18. The molecule has 0 atom stereocenters. The number of alkyl halides is 3. The van der Waals surface area contributed by atoms with Gasteiger partial charge in [0.15, 0.2) is 0 Å². The molecule has 3 aromatic rings. The van der Waals surface area contributed by atoms with Gasteiger partial charge in [-0.25, -0.2) is 4.98 Å². The summed E-state index contributed by atoms with van der Waals surface area (Å²) in [7, 11) is 1.59. The summed E-state index contributed by atoms with van der Waals surface area (Å²) in [4.78, 5) is 7.26. The molecule has 3 nitrogen and oxygen atoms in total. The van der Waals surface area contributed by atoms with Crippen LogP contribution in [0.2, 0.25) is 0 Å². The fourth-order valence-electron chi connectivity index (χ4n) is 2.26. The van der Waals surface area contributed by atoms with Gasteiger partial charge >= 0.3 is 6.18 Å². The largest absolute Gasteiger partial charge is 0.497 e. The minimum Gasteiger partial charge on any atom is -0.497 e. The van der Waals surface area contributed by atoms with Crippen molar-refractivity contribution in [3.8, 4) is 5.75 Å². The van der Waals surface area contributed by atoms with Gasteiger partial charge in [0.1, 0.15) is 11.6 Å².